The Morgan fingerprint density at radius 2 is 0.610 bits per heavy atom. The van der Waals surface area contributed by atoms with E-state index in [2.05, 4.69) is 0 Å². The minimum absolute atomic E-state index is 0.0413. The van der Waals surface area contributed by atoms with E-state index in [-0.39, 0.29) is 24.8 Å². The topological polar surface area (TPSA) is 102 Å². The van der Waals surface area contributed by atoms with Crippen LogP contribution in [0.1, 0.15) is 31.8 Å². The van der Waals surface area contributed by atoms with Crippen LogP contribution in [0.15, 0.2) is 121 Å². The Morgan fingerprint density at radius 1 is 0.390 bits per heavy atom. The van der Waals surface area contributed by atoms with Gasteiger partial charge in [-0.2, -0.15) is 0 Å². The van der Waals surface area contributed by atoms with Gasteiger partial charge in [0.05, 0.1) is 52.9 Å². The third-order valence-corrected chi connectivity index (χ3v) is 5.36. The zero-order valence-corrected chi connectivity index (χ0v) is 23.1. The third-order valence-electron chi connectivity index (χ3n) is 5.36. The highest BCUT2D eigenvalue weighted by Gasteiger charge is 2.07. The molecule has 0 unspecified atom stereocenters. The molecule has 0 bridgehead atoms. The highest BCUT2D eigenvalue weighted by molar-refractivity contribution is 6.09. The Hall–Kier alpha value is -3.98. The lowest BCUT2D eigenvalue weighted by molar-refractivity contribution is 0.00230. The molecule has 0 aromatic heterocycles. The zero-order valence-electron chi connectivity index (χ0n) is 23.1. The van der Waals surface area contributed by atoms with Crippen molar-refractivity contribution in [3.63, 3.8) is 0 Å². The molecular weight excluding hydrogens is 520 g/mol. The lowest BCUT2D eigenvalue weighted by atomic mass is 10.0. The number of ether oxygens (including phenoxy) is 3. The van der Waals surface area contributed by atoms with Gasteiger partial charge in [0, 0.05) is 22.3 Å². The molecule has 0 saturated heterocycles. The maximum Gasteiger partial charge on any atom is 0.193 e. The lowest BCUT2D eigenvalue weighted by Gasteiger charge is -2.04. The normalized spacial score (nSPS) is 10.0. The highest BCUT2D eigenvalue weighted by atomic mass is 16.5. The minimum atomic E-state index is 0.0413. The highest BCUT2D eigenvalue weighted by Crippen LogP contribution is 2.09. The van der Waals surface area contributed by atoms with Crippen LogP contribution in [0.2, 0.25) is 0 Å². The van der Waals surface area contributed by atoms with Gasteiger partial charge >= 0.3 is 0 Å². The van der Waals surface area contributed by atoms with Crippen molar-refractivity contribution in [2.24, 2.45) is 0 Å². The molecule has 0 radical (unpaired) electrons. The molecule has 0 spiro atoms. The van der Waals surface area contributed by atoms with Crippen LogP contribution in [0.3, 0.4) is 0 Å². The molecular formula is C34H38O7. The predicted octanol–water partition coefficient (Wildman–Crippen LogP) is 4.86. The maximum atomic E-state index is 11.8. The molecule has 0 heterocycles. The second kappa shape index (κ2) is 21.8. The number of hydrogen-bond donors (Lipinski definition) is 2. The van der Waals surface area contributed by atoms with Crippen LogP contribution in [-0.2, 0) is 14.2 Å². The molecule has 4 aromatic carbocycles. The van der Waals surface area contributed by atoms with E-state index < -0.39 is 0 Å². The number of aliphatic hydroxyl groups is 2. The van der Waals surface area contributed by atoms with E-state index >= 15 is 0 Å². The van der Waals surface area contributed by atoms with Crippen LogP contribution in [0, 0.1) is 0 Å². The Bertz CT molecular complexity index is 1020. The summed E-state index contributed by atoms with van der Waals surface area (Å²) < 4.78 is 15.0. The SMILES string of the molecule is O=C(c1ccccc1)c1ccccc1.O=C(c1ccccc1)c1ccccc1.OCCOCCOCCOCCO. The van der Waals surface area contributed by atoms with Crippen molar-refractivity contribution in [3.05, 3.63) is 144 Å². The van der Waals surface area contributed by atoms with Crippen molar-refractivity contribution >= 4 is 11.6 Å². The Kier molecular flexibility index (Phi) is 17.7. The second-order valence-corrected chi connectivity index (χ2v) is 8.41. The van der Waals surface area contributed by atoms with E-state index in [1.54, 1.807) is 0 Å². The van der Waals surface area contributed by atoms with Gasteiger partial charge in [-0.15, -0.1) is 0 Å². The van der Waals surface area contributed by atoms with E-state index in [1.807, 2.05) is 121 Å². The summed E-state index contributed by atoms with van der Waals surface area (Å²) in [6.07, 6.45) is 0. The Morgan fingerprint density at radius 3 is 0.829 bits per heavy atom. The van der Waals surface area contributed by atoms with Crippen molar-refractivity contribution in [1.82, 2.24) is 0 Å². The predicted molar refractivity (Wildman–Crippen MR) is 159 cm³/mol. The number of hydrogen-bond acceptors (Lipinski definition) is 7. The van der Waals surface area contributed by atoms with Crippen molar-refractivity contribution in [1.29, 1.82) is 0 Å². The zero-order chi connectivity index (χ0) is 29.4. The van der Waals surface area contributed by atoms with Crippen molar-refractivity contribution in [3.8, 4) is 0 Å². The standard InChI is InChI=1S/2C13H10O.C8H18O5/c2*14-13(11-7-3-1-4-8-11)12-9-5-2-6-10-12;9-1-3-11-5-7-13-8-6-12-4-2-10/h2*1-10H;9-10H,1-8H2. The van der Waals surface area contributed by atoms with Gasteiger partial charge < -0.3 is 24.4 Å². The Labute approximate surface area is 242 Å². The van der Waals surface area contributed by atoms with Gasteiger partial charge in [-0.1, -0.05) is 121 Å². The smallest absolute Gasteiger partial charge is 0.193 e. The monoisotopic (exact) mass is 558 g/mol. The summed E-state index contributed by atoms with van der Waals surface area (Å²) in [6, 6.07) is 37.2. The summed E-state index contributed by atoms with van der Waals surface area (Å²) in [7, 11) is 0. The largest absolute Gasteiger partial charge is 0.394 e. The fourth-order valence-electron chi connectivity index (χ4n) is 3.36. The molecule has 0 atom stereocenters. The van der Waals surface area contributed by atoms with Crippen LogP contribution >= 0.6 is 0 Å². The number of benzene rings is 4. The number of ketones is 2. The molecule has 4 aromatic rings. The number of carbonyl (C=O) groups excluding carboxylic acids is 2. The first-order valence-corrected chi connectivity index (χ1v) is 13.4. The number of carbonyl (C=O) groups is 2. The van der Waals surface area contributed by atoms with Crippen LogP contribution in [0.25, 0.3) is 0 Å². The molecule has 0 aliphatic heterocycles. The molecule has 216 valence electrons. The Balaban J connectivity index is 0.000000216. The average molecular weight is 559 g/mol. The molecule has 0 aliphatic carbocycles. The van der Waals surface area contributed by atoms with Crippen LogP contribution < -0.4 is 0 Å². The molecule has 7 nitrogen and oxygen atoms in total. The maximum absolute atomic E-state index is 11.8. The first kappa shape index (κ1) is 33.2. The van der Waals surface area contributed by atoms with Crippen LogP contribution in [-0.4, -0.2) is 74.6 Å². The fourth-order valence-corrected chi connectivity index (χ4v) is 3.36. The van der Waals surface area contributed by atoms with E-state index in [0.29, 0.717) is 39.6 Å². The summed E-state index contributed by atoms with van der Waals surface area (Å²) in [6.45, 7) is 2.76. The molecule has 0 aliphatic rings. The van der Waals surface area contributed by atoms with Crippen molar-refractivity contribution in [2.75, 3.05) is 52.9 Å². The van der Waals surface area contributed by atoms with Crippen molar-refractivity contribution in [2.45, 2.75) is 0 Å². The molecule has 4 rings (SSSR count). The first-order chi connectivity index (χ1) is 20.2. The van der Waals surface area contributed by atoms with Gasteiger partial charge in [0.1, 0.15) is 0 Å². The van der Waals surface area contributed by atoms with Crippen molar-refractivity contribution < 1.29 is 34.0 Å². The quantitative estimate of drug-likeness (QED) is 0.168. The van der Waals surface area contributed by atoms with Crippen LogP contribution in [0.5, 0.6) is 0 Å². The summed E-state index contributed by atoms with van der Waals surface area (Å²) in [4.78, 5) is 23.7. The van der Waals surface area contributed by atoms with Crippen LogP contribution in [0.4, 0.5) is 0 Å². The number of rotatable bonds is 14. The lowest BCUT2D eigenvalue weighted by Crippen LogP contribution is -2.11. The number of aliphatic hydroxyl groups excluding tert-OH is 2. The molecule has 0 amide bonds. The van der Waals surface area contributed by atoms with Gasteiger partial charge in [-0.3, -0.25) is 9.59 Å². The second-order valence-electron chi connectivity index (χ2n) is 8.41. The third kappa shape index (κ3) is 14.3. The van der Waals surface area contributed by atoms with E-state index in [0.717, 1.165) is 22.3 Å². The average Bonchev–Trinajstić information content (AvgIpc) is 3.05. The summed E-state index contributed by atoms with van der Waals surface area (Å²) in [5.41, 5.74) is 2.94. The summed E-state index contributed by atoms with van der Waals surface area (Å²) in [5, 5.41) is 16.7. The molecule has 0 saturated carbocycles. The summed E-state index contributed by atoms with van der Waals surface area (Å²) >= 11 is 0. The van der Waals surface area contributed by atoms with Gasteiger partial charge in [0.25, 0.3) is 0 Å². The molecule has 2 N–H and O–H groups in total. The van der Waals surface area contributed by atoms with E-state index in [4.69, 9.17) is 24.4 Å². The molecule has 0 fully saturated rings. The van der Waals surface area contributed by atoms with E-state index in [1.165, 1.54) is 0 Å². The first-order valence-electron chi connectivity index (χ1n) is 13.4. The van der Waals surface area contributed by atoms with E-state index in [9.17, 15) is 9.59 Å². The fraction of sp³-hybridized carbons (Fsp3) is 0.235. The van der Waals surface area contributed by atoms with Gasteiger partial charge in [0.2, 0.25) is 0 Å². The minimum Gasteiger partial charge on any atom is -0.394 e. The van der Waals surface area contributed by atoms with Gasteiger partial charge in [-0.05, 0) is 0 Å². The molecule has 7 heteroatoms. The summed E-state index contributed by atoms with van der Waals surface area (Å²) in [5.74, 6) is 0.150. The van der Waals surface area contributed by atoms with Gasteiger partial charge in [-0.25, -0.2) is 0 Å². The molecule has 41 heavy (non-hydrogen) atoms. The van der Waals surface area contributed by atoms with Gasteiger partial charge in [0.15, 0.2) is 11.6 Å².